The van der Waals surface area contributed by atoms with Crippen LogP contribution in [0.25, 0.3) is 0 Å². The van der Waals surface area contributed by atoms with Crippen LogP contribution in [-0.4, -0.2) is 25.3 Å². The van der Waals surface area contributed by atoms with E-state index in [2.05, 4.69) is 6.92 Å². The van der Waals surface area contributed by atoms with Gasteiger partial charge in [-0.15, -0.1) is 0 Å². The van der Waals surface area contributed by atoms with Crippen molar-refractivity contribution in [3.8, 4) is 0 Å². The van der Waals surface area contributed by atoms with Crippen molar-refractivity contribution in [2.75, 3.05) is 13.2 Å². The summed E-state index contributed by atoms with van der Waals surface area (Å²) in [6.07, 6.45) is 4.15. The van der Waals surface area contributed by atoms with Crippen molar-refractivity contribution in [1.29, 1.82) is 0 Å². The van der Waals surface area contributed by atoms with E-state index in [0.717, 1.165) is 19.3 Å². The number of ether oxygens (including phenoxy) is 2. The molecule has 0 radical (unpaired) electrons. The molecule has 1 fully saturated rings. The molecule has 1 aliphatic heterocycles. The van der Waals surface area contributed by atoms with Gasteiger partial charge >= 0.3 is 0 Å². The smallest absolute Gasteiger partial charge is 0.164 e. The standard InChI is InChI=1S/C10H18O3/c1-2-3-4-5-9(11)8-10-12-6-7-13-10/h10H,2-8H2,1H3. The van der Waals surface area contributed by atoms with Gasteiger partial charge in [0.15, 0.2) is 6.29 Å². The summed E-state index contributed by atoms with van der Waals surface area (Å²) in [4.78, 5) is 11.3. The Balaban J connectivity index is 2.02. The largest absolute Gasteiger partial charge is 0.350 e. The van der Waals surface area contributed by atoms with Crippen LogP contribution in [0, 0.1) is 0 Å². The maximum Gasteiger partial charge on any atom is 0.164 e. The van der Waals surface area contributed by atoms with Gasteiger partial charge in [-0.05, 0) is 6.42 Å². The van der Waals surface area contributed by atoms with Gasteiger partial charge in [-0.2, -0.15) is 0 Å². The summed E-state index contributed by atoms with van der Waals surface area (Å²) < 4.78 is 10.4. The molecule has 0 bridgehead atoms. The summed E-state index contributed by atoms with van der Waals surface area (Å²) in [5.74, 6) is 0.264. The van der Waals surface area contributed by atoms with E-state index in [1.807, 2.05) is 0 Å². The predicted molar refractivity (Wildman–Crippen MR) is 49.5 cm³/mol. The molecule has 3 nitrogen and oxygen atoms in total. The van der Waals surface area contributed by atoms with Crippen LogP contribution in [0.4, 0.5) is 0 Å². The summed E-state index contributed by atoms with van der Waals surface area (Å²) in [7, 11) is 0. The molecule has 0 aromatic heterocycles. The van der Waals surface area contributed by atoms with Crippen molar-refractivity contribution in [2.24, 2.45) is 0 Å². The van der Waals surface area contributed by atoms with Gasteiger partial charge in [-0.1, -0.05) is 19.8 Å². The summed E-state index contributed by atoms with van der Waals surface area (Å²) >= 11 is 0. The quantitative estimate of drug-likeness (QED) is 0.594. The van der Waals surface area contributed by atoms with Crippen molar-refractivity contribution in [2.45, 2.75) is 45.3 Å². The van der Waals surface area contributed by atoms with Crippen LogP contribution < -0.4 is 0 Å². The molecule has 13 heavy (non-hydrogen) atoms. The number of rotatable bonds is 6. The summed E-state index contributed by atoms with van der Waals surface area (Å²) in [5, 5.41) is 0. The average molecular weight is 186 g/mol. The average Bonchev–Trinajstić information content (AvgIpc) is 2.57. The molecule has 1 aliphatic rings. The Bertz CT molecular complexity index is 150. The van der Waals surface area contributed by atoms with Crippen LogP contribution in [0.3, 0.4) is 0 Å². The fourth-order valence-corrected chi connectivity index (χ4v) is 1.39. The number of hydrogen-bond acceptors (Lipinski definition) is 3. The van der Waals surface area contributed by atoms with Crippen LogP contribution in [0.2, 0.25) is 0 Å². The van der Waals surface area contributed by atoms with E-state index in [4.69, 9.17) is 9.47 Å². The van der Waals surface area contributed by atoms with Crippen molar-refractivity contribution in [3.05, 3.63) is 0 Å². The van der Waals surface area contributed by atoms with E-state index in [0.29, 0.717) is 26.1 Å². The van der Waals surface area contributed by atoms with Crippen molar-refractivity contribution < 1.29 is 14.3 Å². The van der Waals surface area contributed by atoms with Gasteiger partial charge in [0.1, 0.15) is 5.78 Å². The maximum absolute atomic E-state index is 11.3. The second-order valence-electron chi connectivity index (χ2n) is 3.37. The van der Waals surface area contributed by atoms with E-state index in [1.165, 1.54) is 0 Å². The highest BCUT2D eigenvalue weighted by Crippen LogP contribution is 2.11. The van der Waals surface area contributed by atoms with Crippen molar-refractivity contribution in [3.63, 3.8) is 0 Å². The Morgan fingerprint density at radius 1 is 1.31 bits per heavy atom. The Hall–Kier alpha value is -0.410. The molecular weight excluding hydrogens is 168 g/mol. The highest BCUT2D eigenvalue weighted by Gasteiger charge is 2.18. The number of unbranched alkanes of at least 4 members (excludes halogenated alkanes) is 2. The molecule has 1 heterocycles. The number of hydrogen-bond donors (Lipinski definition) is 0. The van der Waals surface area contributed by atoms with Crippen molar-refractivity contribution in [1.82, 2.24) is 0 Å². The Morgan fingerprint density at radius 2 is 2.00 bits per heavy atom. The van der Waals surface area contributed by atoms with Gasteiger partial charge in [0.2, 0.25) is 0 Å². The van der Waals surface area contributed by atoms with Gasteiger partial charge in [0.25, 0.3) is 0 Å². The monoisotopic (exact) mass is 186 g/mol. The van der Waals surface area contributed by atoms with Gasteiger partial charge in [0.05, 0.1) is 19.6 Å². The Morgan fingerprint density at radius 3 is 2.62 bits per heavy atom. The maximum atomic E-state index is 11.3. The Labute approximate surface area is 79.4 Å². The van der Waals surface area contributed by atoms with Crippen LogP contribution in [0.1, 0.15) is 39.0 Å². The third kappa shape index (κ3) is 4.39. The molecule has 1 rings (SSSR count). The van der Waals surface area contributed by atoms with E-state index in [1.54, 1.807) is 0 Å². The second kappa shape index (κ2) is 6.11. The molecule has 0 N–H and O–H groups in total. The second-order valence-corrected chi connectivity index (χ2v) is 3.37. The minimum Gasteiger partial charge on any atom is -0.350 e. The summed E-state index contributed by atoms with van der Waals surface area (Å²) in [5.41, 5.74) is 0. The lowest BCUT2D eigenvalue weighted by molar-refractivity contribution is -0.127. The first-order valence-corrected chi connectivity index (χ1v) is 5.08. The Kier molecular flexibility index (Phi) is 5.01. The predicted octanol–water partition coefficient (Wildman–Crippen LogP) is 1.90. The molecule has 0 aromatic rings. The zero-order valence-electron chi connectivity index (χ0n) is 8.25. The van der Waals surface area contributed by atoms with E-state index in [9.17, 15) is 4.79 Å². The van der Waals surface area contributed by atoms with Gasteiger partial charge < -0.3 is 9.47 Å². The first-order chi connectivity index (χ1) is 6.33. The first-order valence-electron chi connectivity index (χ1n) is 5.08. The zero-order chi connectivity index (χ0) is 9.52. The zero-order valence-corrected chi connectivity index (χ0v) is 8.25. The first kappa shape index (κ1) is 10.7. The number of carbonyl (C=O) groups is 1. The number of ketones is 1. The van der Waals surface area contributed by atoms with Crippen LogP contribution in [0.15, 0.2) is 0 Å². The lowest BCUT2D eigenvalue weighted by Crippen LogP contribution is -2.13. The normalized spacial score (nSPS) is 17.9. The summed E-state index contributed by atoms with van der Waals surface area (Å²) in [6.45, 7) is 3.40. The van der Waals surface area contributed by atoms with Crippen LogP contribution in [0.5, 0.6) is 0 Å². The molecule has 76 valence electrons. The lowest BCUT2D eigenvalue weighted by Gasteiger charge is -2.06. The van der Waals surface area contributed by atoms with E-state index >= 15 is 0 Å². The lowest BCUT2D eigenvalue weighted by atomic mass is 10.1. The SMILES string of the molecule is CCCCCC(=O)CC1OCCO1. The highest BCUT2D eigenvalue weighted by molar-refractivity contribution is 5.78. The van der Waals surface area contributed by atoms with Crippen LogP contribution in [-0.2, 0) is 14.3 Å². The third-order valence-electron chi connectivity index (χ3n) is 2.14. The fraction of sp³-hybridized carbons (Fsp3) is 0.900. The third-order valence-corrected chi connectivity index (χ3v) is 2.14. The van der Waals surface area contributed by atoms with Crippen molar-refractivity contribution >= 4 is 5.78 Å². The van der Waals surface area contributed by atoms with E-state index < -0.39 is 0 Å². The fourth-order valence-electron chi connectivity index (χ4n) is 1.39. The molecule has 0 spiro atoms. The topological polar surface area (TPSA) is 35.5 Å². The molecule has 0 aromatic carbocycles. The molecule has 0 atom stereocenters. The minimum absolute atomic E-state index is 0.255. The van der Waals surface area contributed by atoms with Gasteiger partial charge in [-0.25, -0.2) is 0 Å². The molecule has 0 unspecified atom stereocenters. The summed E-state index contributed by atoms with van der Waals surface area (Å²) in [6, 6.07) is 0. The molecule has 0 saturated carbocycles. The molecule has 3 heteroatoms. The number of Topliss-reactive ketones (excluding diaryl/α,β-unsaturated/α-hetero) is 1. The van der Waals surface area contributed by atoms with Crippen LogP contribution >= 0.6 is 0 Å². The highest BCUT2D eigenvalue weighted by atomic mass is 16.7. The molecular formula is C10H18O3. The molecule has 1 saturated heterocycles. The van der Waals surface area contributed by atoms with Gasteiger partial charge in [-0.3, -0.25) is 4.79 Å². The van der Waals surface area contributed by atoms with E-state index in [-0.39, 0.29) is 12.1 Å². The minimum atomic E-state index is -0.255. The van der Waals surface area contributed by atoms with Gasteiger partial charge in [0, 0.05) is 6.42 Å². The molecule has 0 aliphatic carbocycles. The number of carbonyl (C=O) groups excluding carboxylic acids is 1. The molecule has 0 amide bonds.